The molecule has 28 heavy (non-hydrogen) atoms. The summed E-state index contributed by atoms with van der Waals surface area (Å²) in [7, 11) is -2.04. The van der Waals surface area contributed by atoms with E-state index < -0.39 is 7.26 Å². The van der Waals surface area contributed by atoms with Crippen LogP contribution in [0.2, 0.25) is 0 Å². The van der Waals surface area contributed by atoms with Crippen LogP contribution < -0.4 is 21.2 Å². The van der Waals surface area contributed by atoms with Crippen molar-refractivity contribution in [3.8, 4) is 0 Å². The lowest BCUT2D eigenvalue weighted by Gasteiger charge is -2.29. The van der Waals surface area contributed by atoms with Crippen molar-refractivity contribution in [2.75, 3.05) is 0 Å². The number of halogens is 1. The largest absolute Gasteiger partial charge is 0.870 e. The van der Waals surface area contributed by atoms with Crippen LogP contribution in [-0.2, 0) is 5.88 Å². The molecule has 0 amide bonds. The van der Waals surface area contributed by atoms with E-state index in [9.17, 15) is 0 Å². The van der Waals surface area contributed by atoms with Crippen LogP contribution in [0.3, 0.4) is 0 Å². The Morgan fingerprint density at radius 3 is 1.25 bits per heavy atom. The maximum atomic E-state index is 6.42. The summed E-state index contributed by atoms with van der Waals surface area (Å²) < 4.78 is 0. The summed E-state index contributed by atoms with van der Waals surface area (Å²) in [6, 6.07) is 41.3. The third kappa shape index (κ3) is 3.50. The molecule has 0 aliphatic heterocycles. The maximum Gasteiger partial charge on any atom is 0.144 e. The maximum absolute atomic E-state index is 6.42. The minimum atomic E-state index is -2.04. The second kappa shape index (κ2) is 9.17. The first-order chi connectivity index (χ1) is 13.4. The molecular weight excluding hydrogens is 383 g/mol. The molecule has 0 fully saturated rings. The zero-order valence-corrected chi connectivity index (χ0v) is 17.1. The summed E-state index contributed by atoms with van der Waals surface area (Å²) in [6.07, 6.45) is 0. The minimum Gasteiger partial charge on any atom is -0.870 e. The molecule has 4 aromatic rings. The lowest BCUT2D eigenvalue weighted by molar-refractivity contribution is 0.824. The predicted octanol–water partition coefficient (Wildman–Crippen LogP) is 4.87. The highest BCUT2D eigenvalue weighted by Crippen LogP contribution is 2.54. The van der Waals surface area contributed by atoms with Crippen molar-refractivity contribution in [3.63, 3.8) is 0 Å². The van der Waals surface area contributed by atoms with Crippen LogP contribution in [-0.4, -0.2) is 5.48 Å². The van der Waals surface area contributed by atoms with E-state index in [1.807, 2.05) is 0 Å². The van der Waals surface area contributed by atoms with Crippen LogP contribution in [0.25, 0.3) is 0 Å². The summed E-state index contributed by atoms with van der Waals surface area (Å²) in [5.41, 5.74) is 1.20. The number of benzene rings is 4. The van der Waals surface area contributed by atoms with Gasteiger partial charge in [0.25, 0.3) is 0 Å². The van der Waals surface area contributed by atoms with Gasteiger partial charge in [-0.3, -0.25) is 0 Å². The third-order valence-electron chi connectivity index (χ3n) is 4.93. The van der Waals surface area contributed by atoms with Crippen LogP contribution in [0.5, 0.6) is 0 Å². The van der Waals surface area contributed by atoms with E-state index in [2.05, 4.69) is 115 Å². The molecule has 0 aromatic heterocycles. The van der Waals surface area contributed by atoms with Crippen molar-refractivity contribution in [2.24, 2.45) is 0 Å². The van der Waals surface area contributed by atoms with E-state index in [1.54, 1.807) is 0 Å². The molecule has 140 valence electrons. The molecule has 1 N–H and O–H groups in total. The number of hydrogen-bond acceptors (Lipinski definition) is 1. The van der Waals surface area contributed by atoms with Crippen LogP contribution in [0.15, 0.2) is 115 Å². The first-order valence-electron chi connectivity index (χ1n) is 9.07. The highest BCUT2D eigenvalue weighted by atomic mass is 35.5. The zero-order valence-electron chi connectivity index (χ0n) is 15.4. The number of hydrogen-bond donors (Lipinski definition) is 0. The van der Waals surface area contributed by atoms with Gasteiger partial charge in [0.15, 0.2) is 0 Å². The van der Waals surface area contributed by atoms with E-state index >= 15 is 0 Å². The smallest absolute Gasteiger partial charge is 0.144 e. The Morgan fingerprint density at radius 1 is 0.500 bits per heavy atom. The molecule has 0 heterocycles. The lowest BCUT2D eigenvalue weighted by Crippen LogP contribution is -2.39. The van der Waals surface area contributed by atoms with Crippen molar-refractivity contribution in [1.29, 1.82) is 0 Å². The fourth-order valence-electron chi connectivity index (χ4n) is 3.77. The Hall–Kier alpha value is -2.44. The monoisotopic (exact) mass is 404 g/mol. The normalized spacial score (nSPS) is 10.9. The SMILES string of the molecule is ClCc1ccccc1[P+](c1ccccc1)(c1ccccc1)c1ccccc1.[OH-]. The molecule has 0 unspecified atom stereocenters. The number of alkyl halides is 1. The van der Waals surface area contributed by atoms with Gasteiger partial charge in [-0.15, -0.1) is 11.6 Å². The Labute approximate surface area is 172 Å². The average Bonchev–Trinajstić information content (AvgIpc) is 2.77. The molecule has 0 radical (unpaired) electrons. The molecule has 0 aliphatic carbocycles. The fourth-order valence-corrected chi connectivity index (χ4v) is 8.58. The van der Waals surface area contributed by atoms with E-state index in [4.69, 9.17) is 11.6 Å². The van der Waals surface area contributed by atoms with Gasteiger partial charge >= 0.3 is 0 Å². The van der Waals surface area contributed by atoms with Crippen molar-refractivity contribution in [3.05, 3.63) is 121 Å². The molecule has 0 saturated carbocycles. The summed E-state index contributed by atoms with van der Waals surface area (Å²) in [5, 5.41) is 5.38. The van der Waals surface area contributed by atoms with Gasteiger partial charge in [-0.25, -0.2) is 0 Å². The Bertz CT molecular complexity index is 907. The van der Waals surface area contributed by atoms with Gasteiger partial charge in [0, 0.05) is 5.56 Å². The Kier molecular flexibility index (Phi) is 6.65. The lowest BCUT2D eigenvalue weighted by atomic mass is 10.2. The quantitative estimate of drug-likeness (QED) is 0.345. The molecule has 0 spiro atoms. The van der Waals surface area contributed by atoms with Crippen LogP contribution in [0.4, 0.5) is 0 Å². The zero-order chi connectivity index (χ0) is 18.5. The third-order valence-corrected chi connectivity index (χ3v) is 9.59. The van der Waals surface area contributed by atoms with Gasteiger partial charge < -0.3 is 5.48 Å². The van der Waals surface area contributed by atoms with E-state index in [-0.39, 0.29) is 5.48 Å². The van der Waals surface area contributed by atoms with E-state index in [1.165, 1.54) is 26.8 Å². The fraction of sp³-hybridized carbons (Fsp3) is 0.0400. The van der Waals surface area contributed by atoms with E-state index in [0.29, 0.717) is 5.88 Å². The molecule has 0 bridgehead atoms. The highest BCUT2D eigenvalue weighted by Gasteiger charge is 2.48. The van der Waals surface area contributed by atoms with Gasteiger partial charge in [0.05, 0.1) is 5.88 Å². The van der Waals surface area contributed by atoms with Crippen molar-refractivity contribution in [1.82, 2.24) is 0 Å². The molecular formula is C25H22ClOP. The average molecular weight is 405 g/mol. The van der Waals surface area contributed by atoms with Gasteiger partial charge in [0.1, 0.15) is 28.5 Å². The minimum absolute atomic E-state index is 0. The van der Waals surface area contributed by atoms with Crippen molar-refractivity contribution >= 4 is 40.1 Å². The first-order valence-corrected chi connectivity index (χ1v) is 11.4. The van der Waals surface area contributed by atoms with Crippen LogP contribution in [0, 0.1) is 0 Å². The predicted molar refractivity (Wildman–Crippen MR) is 123 cm³/mol. The second-order valence-corrected chi connectivity index (χ2v) is 10.1. The van der Waals surface area contributed by atoms with Gasteiger partial charge in [-0.05, 0) is 42.5 Å². The molecule has 0 saturated heterocycles. The molecule has 0 atom stereocenters. The van der Waals surface area contributed by atoms with Gasteiger partial charge in [-0.2, -0.15) is 0 Å². The molecule has 3 heteroatoms. The van der Waals surface area contributed by atoms with Crippen LogP contribution >= 0.6 is 18.9 Å². The summed E-state index contributed by atoms with van der Waals surface area (Å²) in [5.74, 6) is 0.504. The molecule has 0 aliphatic rings. The first kappa shape index (κ1) is 20.3. The van der Waals surface area contributed by atoms with Gasteiger partial charge in [0.2, 0.25) is 0 Å². The van der Waals surface area contributed by atoms with E-state index in [0.717, 1.165) is 0 Å². The van der Waals surface area contributed by atoms with Crippen molar-refractivity contribution < 1.29 is 5.48 Å². The number of rotatable bonds is 5. The van der Waals surface area contributed by atoms with Crippen molar-refractivity contribution in [2.45, 2.75) is 5.88 Å². The summed E-state index contributed by atoms with van der Waals surface area (Å²) in [4.78, 5) is 0. The summed E-state index contributed by atoms with van der Waals surface area (Å²) >= 11 is 6.42. The Balaban J connectivity index is 0.00000225. The highest BCUT2D eigenvalue weighted by molar-refractivity contribution is 8.01. The molecule has 4 rings (SSSR count). The van der Waals surface area contributed by atoms with Crippen LogP contribution in [0.1, 0.15) is 5.56 Å². The second-order valence-electron chi connectivity index (χ2n) is 6.44. The summed E-state index contributed by atoms with van der Waals surface area (Å²) in [6.45, 7) is 0. The standard InChI is InChI=1S/C25H21ClP.H2O/c26-20-21-12-10-11-19-25(21)27(22-13-4-1-5-14-22,23-15-6-2-7-16-23)24-17-8-3-9-18-24;/h1-19H,20H2;1H2/q+1;/p-1. The van der Waals surface area contributed by atoms with Gasteiger partial charge in [-0.1, -0.05) is 72.8 Å². The molecule has 1 nitrogen and oxygen atoms in total. The topological polar surface area (TPSA) is 30.0 Å². The molecule has 4 aromatic carbocycles. The Morgan fingerprint density at radius 2 is 0.857 bits per heavy atom.